The van der Waals surface area contributed by atoms with Gasteiger partial charge in [-0.25, -0.2) is 9.67 Å². The predicted octanol–water partition coefficient (Wildman–Crippen LogP) is 2.65. The Labute approximate surface area is 169 Å². The van der Waals surface area contributed by atoms with Gasteiger partial charge in [0.1, 0.15) is 0 Å². The van der Waals surface area contributed by atoms with Gasteiger partial charge in [0, 0.05) is 31.0 Å². The first-order chi connectivity index (χ1) is 14.2. The first-order valence-corrected chi connectivity index (χ1v) is 10.2. The molecule has 29 heavy (non-hydrogen) atoms. The van der Waals surface area contributed by atoms with Crippen molar-refractivity contribution in [3.63, 3.8) is 0 Å². The van der Waals surface area contributed by atoms with Crippen molar-refractivity contribution >= 4 is 22.7 Å². The lowest BCUT2D eigenvalue weighted by molar-refractivity contribution is 0.0673. The summed E-state index contributed by atoms with van der Waals surface area (Å²) in [4.78, 5) is 12.2. The molecule has 5 rings (SSSR count). The minimum absolute atomic E-state index is 0.222. The van der Waals surface area contributed by atoms with Gasteiger partial charge in [0.15, 0.2) is 5.65 Å². The molecule has 0 spiro atoms. The van der Waals surface area contributed by atoms with Crippen LogP contribution in [0.1, 0.15) is 25.8 Å². The number of anilines is 2. The van der Waals surface area contributed by atoms with Crippen molar-refractivity contribution in [2.45, 2.75) is 31.8 Å². The van der Waals surface area contributed by atoms with Crippen molar-refractivity contribution in [1.82, 2.24) is 19.7 Å². The summed E-state index contributed by atoms with van der Waals surface area (Å²) in [7, 11) is 0. The lowest BCUT2D eigenvalue weighted by atomic mass is 10.1. The number of rotatable bonds is 3. The highest BCUT2D eigenvalue weighted by atomic mass is 16.5. The molecule has 4 heterocycles. The molecule has 2 N–H and O–H groups in total. The normalized spacial score (nSPS) is 21.0. The number of hydrogen-bond donors (Lipinski definition) is 1. The molecule has 2 aromatic heterocycles. The molecule has 0 radical (unpaired) electrons. The van der Waals surface area contributed by atoms with E-state index >= 15 is 0 Å². The third-order valence-corrected chi connectivity index (χ3v) is 5.79. The van der Waals surface area contributed by atoms with E-state index < -0.39 is 0 Å². The molecule has 2 saturated heterocycles. The molecule has 8 nitrogen and oxygen atoms in total. The van der Waals surface area contributed by atoms with Crippen molar-refractivity contribution in [2.24, 2.45) is 0 Å². The highest BCUT2D eigenvalue weighted by molar-refractivity contribution is 5.91. The molecule has 1 aromatic carbocycles. The number of morpholine rings is 1. The SMILES string of the molecule is C[C@@H]1COCCN1c1nc(-c2ccc(N)cc2)c2cnn(C3CCOCC3)c2n1. The predicted molar refractivity (Wildman–Crippen MR) is 112 cm³/mol. The van der Waals surface area contributed by atoms with Crippen LogP contribution in [0.4, 0.5) is 11.6 Å². The molecule has 152 valence electrons. The van der Waals surface area contributed by atoms with Gasteiger partial charge < -0.3 is 20.1 Å². The number of benzene rings is 1. The van der Waals surface area contributed by atoms with Crippen LogP contribution in [0.25, 0.3) is 22.3 Å². The van der Waals surface area contributed by atoms with Crippen molar-refractivity contribution < 1.29 is 9.47 Å². The average Bonchev–Trinajstić information content (AvgIpc) is 3.19. The van der Waals surface area contributed by atoms with Gasteiger partial charge in [0.05, 0.1) is 42.6 Å². The Morgan fingerprint density at radius 3 is 2.59 bits per heavy atom. The molecule has 0 unspecified atom stereocenters. The third kappa shape index (κ3) is 3.42. The molecule has 0 amide bonds. The minimum Gasteiger partial charge on any atom is -0.399 e. The summed E-state index contributed by atoms with van der Waals surface area (Å²) in [6, 6.07) is 8.35. The van der Waals surface area contributed by atoms with Gasteiger partial charge in [0.25, 0.3) is 0 Å². The van der Waals surface area contributed by atoms with Crippen LogP contribution in [0.2, 0.25) is 0 Å². The molecular formula is C21H26N6O2. The fraction of sp³-hybridized carbons (Fsp3) is 0.476. The zero-order valence-corrected chi connectivity index (χ0v) is 16.6. The van der Waals surface area contributed by atoms with Crippen LogP contribution in [0.5, 0.6) is 0 Å². The average molecular weight is 394 g/mol. The maximum atomic E-state index is 5.90. The molecule has 1 atom stereocenters. The summed E-state index contributed by atoms with van der Waals surface area (Å²) < 4.78 is 13.2. The second-order valence-corrected chi connectivity index (χ2v) is 7.78. The van der Waals surface area contributed by atoms with Gasteiger partial charge in [-0.2, -0.15) is 10.1 Å². The topological polar surface area (TPSA) is 91.3 Å². The largest absolute Gasteiger partial charge is 0.399 e. The van der Waals surface area contributed by atoms with Crippen molar-refractivity contribution in [3.05, 3.63) is 30.5 Å². The van der Waals surface area contributed by atoms with E-state index in [0.717, 1.165) is 66.5 Å². The maximum Gasteiger partial charge on any atom is 0.228 e. The van der Waals surface area contributed by atoms with E-state index in [1.54, 1.807) is 0 Å². The maximum absolute atomic E-state index is 5.90. The highest BCUT2D eigenvalue weighted by Gasteiger charge is 2.26. The van der Waals surface area contributed by atoms with Crippen molar-refractivity contribution in [2.75, 3.05) is 43.6 Å². The van der Waals surface area contributed by atoms with E-state index in [-0.39, 0.29) is 6.04 Å². The van der Waals surface area contributed by atoms with Gasteiger partial charge in [-0.15, -0.1) is 0 Å². The third-order valence-electron chi connectivity index (χ3n) is 5.79. The smallest absolute Gasteiger partial charge is 0.228 e. The van der Waals surface area contributed by atoms with Gasteiger partial charge in [-0.05, 0) is 31.9 Å². The summed E-state index contributed by atoms with van der Waals surface area (Å²) >= 11 is 0. The number of aromatic nitrogens is 4. The van der Waals surface area contributed by atoms with E-state index in [2.05, 4.69) is 16.5 Å². The van der Waals surface area contributed by atoms with E-state index in [4.69, 9.17) is 30.3 Å². The fourth-order valence-corrected chi connectivity index (χ4v) is 4.12. The van der Waals surface area contributed by atoms with E-state index in [1.165, 1.54) is 0 Å². The molecule has 2 fully saturated rings. The molecule has 3 aromatic rings. The number of fused-ring (bicyclic) bond motifs is 1. The second kappa shape index (κ2) is 7.61. The Hall–Kier alpha value is -2.71. The zero-order chi connectivity index (χ0) is 19.8. The van der Waals surface area contributed by atoms with Crippen LogP contribution in [0.3, 0.4) is 0 Å². The van der Waals surface area contributed by atoms with Gasteiger partial charge in [0.2, 0.25) is 5.95 Å². The van der Waals surface area contributed by atoms with Crippen LogP contribution in [0.15, 0.2) is 30.5 Å². The second-order valence-electron chi connectivity index (χ2n) is 7.78. The Balaban J connectivity index is 1.67. The van der Waals surface area contributed by atoms with E-state index in [1.807, 2.05) is 30.5 Å². The molecule has 2 aliphatic heterocycles. The van der Waals surface area contributed by atoms with Gasteiger partial charge >= 0.3 is 0 Å². The standard InChI is InChI=1S/C21H26N6O2/c1-14-13-29-11-8-26(14)21-24-19(15-2-4-16(22)5-3-15)18-12-23-27(20(18)25-21)17-6-9-28-10-7-17/h2-5,12,14,17H,6-11,13,22H2,1H3/t14-/m1/s1. The Morgan fingerprint density at radius 1 is 1.03 bits per heavy atom. The van der Waals surface area contributed by atoms with E-state index in [0.29, 0.717) is 19.3 Å². The summed E-state index contributed by atoms with van der Waals surface area (Å²) in [6.45, 7) is 5.80. The summed E-state index contributed by atoms with van der Waals surface area (Å²) in [5, 5.41) is 5.68. The number of ether oxygens (including phenoxy) is 2. The zero-order valence-electron chi connectivity index (χ0n) is 16.6. The minimum atomic E-state index is 0.222. The van der Waals surface area contributed by atoms with Gasteiger partial charge in [-0.3, -0.25) is 0 Å². The first kappa shape index (κ1) is 18.3. The number of nitrogens with zero attached hydrogens (tertiary/aromatic N) is 5. The van der Waals surface area contributed by atoms with E-state index in [9.17, 15) is 0 Å². The summed E-state index contributed by atoms with van der Waals surface area (Å²) in [5.41, 5.74) is 9.42. The van der Waals surface area contributed by atoms with Crippen LogP contribution < -0.4 is 10.6 Å². The van der Waals surface area contributed by atoms with Crippen LogP contribution in [-0.2, 0) is 9.47 Å². The molecule has 8 heteroatoms. The quantitative estimate of drug-likeness (QED) is 0.683. The lowest BCUT2D eigenvalue weighted by Crippen LogP contribution is -2.44. The number of nitrogens with two attached hydrogens (primary N) is 1. The lowest BCUT2D eigenvalue weighted by Gasteiger charge is -2.33. The van der Waals surface area contributed by atoms with Crippen LogP contribution in [0, 0.1) is 0 Å². The van der Waals surface area contributed by atoms with Crippen molar-refractivity contribution in [1.29, 1.82) is 0 Å². The fourth-order valence-electron chi connectivity index (χ4n) is 4.12. The highest BCUT2D eigenvalue weighted by Crippen LogP contribution is 2.32. The Bertz CT molecular complexity index is 996. The summed E-state index contributed by atoms with van der Waals surface area (Å²) in [5.74, 6) is 0.730. The molecule has 0 bridgehead atoms. The van der Waals surface area contributed by atoms with Crippen molar-refractivity contribution in [3.8, 4) is 11.3 Å². The molecular weight excluding hydrogens is 368 g/mol. The monoisotopic (exact) mass is 394 g/mol. The number of nitrogen functional groups attached to an aromatic ring is 1. The molecule has 2 aliphatic rings. The first-order valence-electron chi connectivity index (χ1n) is 10.2. The van der Waals surface area contributed by atoms with Crippen LogP contribution >= 0.6 is 0 Å². The summed E-state index contributed by atoms with van der Waals surface area (Å²) in [6.07, 6.45) is 3.78. The number of hydrogen-bond acceptors (Lipinski definition) is 7. The Morgan fingerprint density at radius 2 is 1.83 bits per heavy atom. The molecule has 0 aliphatic carbocycles. The molecule has 0 saturated carbocycles. The van der Waals surface area contributed by atoms with Crippen LogP contribution in [-0.4, -0.2) is 58.8 Å². The Kier molecular flexibility index (Phi) is 4.81. The van der Waals surface area contributed by atoms with Gasteiger partial charge in [-0.1, -0.05) is 12.1 Å².